The minimum atomic E-state index is -0.307. The maximum Gasteiger partial charge on any atom is 0.139 e. The Balaban J connectivity index is 2.09. The van der Waals surface area contributed by atoms with Crippen molar-refractivity contribution < 1.29 is 4.39 Å². The fourth-order valence-corrected chi connectivity index (χ4v) is 3.56. The molecule has 0 saturated heterocycles. The predicted octanol–water partition coefficient (Wildman–Crippen LogP) is 4.74. The average molecular weight is 389 g/mol. The summed E-state index contributed by atoms with van der Waals surface area (Å²) in [7, 11) is 0. The molecule has 3 aromatic rings. The van der Waals surface area contributed by atoms with Gasteiger partial charge in [0.1, 0.15) is 16.6 Å². The van der Waals surface area contributed by atoms with Gasteiger partial charge in [-0.1, -0.05) is 6.92 Å². The van der Waals surface area contributed by atoms with Gasteiger partial charge < -0.3 is 4.57 Å². The van der Waals surface area contributed by atoms with E-state index in [1.807, 2.05) is 10.8 Å². The van der Waals surface area contributed by atoms with Crippen LogP contribution >= 0.6 is 38.9 Å². The van der Waals surface area contributed by atoms with E-state index < -0.39 is 0 Å². The molecule has 0 bridgehead atoms. The van der Waals surface area contributed by atoms with Gasteiger partial charge in [-0.2, -0.15) is 0 Å². The third-order valence-electron chi connectivity index (χ3n) is 3.23. The molecule has 0 radical (unpaired) electrons. The first kappa shape index (κ1) is 14.9. The third kappa shape index (κ3) is 2.84. The van der Waals surface area contributed by atoms with E-state index in [9.17, 15) is 4.39 Å². The van der Waals surface area contributed by atoms with Crippen molar-refractivity contribution in [2.45, 2.75) is 25.8 Å². The lowest BCUT2D eigenvalue weighted by Crippen LogP contribution is -2.03. The van der Waals surface area contributed by atoms with E-state index in [1.54, 1.807) is 17.4 Å². The molecule has 0 atom stereocenters. The van der Waals surface area contributed by atoms with Crippen molar-refractivity contribution in [3.63, 3.8) is 0 Å². The summed E-state index contributed by atoms with van der Waals surface area (Å²) >= 11 is 10.8. The molecule has 3 nitrogen and oxygen atoms in total. The highest BCUT2D eigenvalue weighted by atomic mass is 79.9. The number of hydrogen-bond acceptors (Lipinski definition) is 3. The molecule has 0 spiro atoms. The van der Waals surface area contributed by atoms with Crippen LogP contribution in [-0.4, -0.2) is 14.5 Å². The zero-order chi connectivity index (χ0) is 15.0. The quantitative estimate of drug-likeness (QED) is 0.604. The van der Waals surface area contributed by atoms with Crippen molar-refractivity contribution in [2.24, 2.45) is 0 Å². The molecule has 7 heteroatoms. The Labute approximate surface area is 138 Å². The predicted molar refractivity (Wildman–Crippen MR) is 87.5 cm³/mol. The van der Waals surface area contributed by atoms with Crippen LogP contribution in [0.5, 0.6) is 0 Å². The van der Waals surface area contributed by atoms with Crippen molar-refractivity contribution in [1.29, 1.82) is 0 Å². The molecule has 0 aliphatic rings. The van der Waals surface area contributed by atoms with Gasteiger partial charge >= 0.3 is 0 Å². The van der Waals surface area contributed by atoms with Crippen LogP contribution in [0, 0.1) is 5.82 Å². The number of halogens is 3. The monoisotopic (exact) mass is 387 g/mol. The standard InChI is InChI=1S/C14H12BrClFN3S/c1-2-8-6-18-14(21-8)7-20-12-4-10(17)9(15)3-11(12)19-13(20)5-16/h3-4,6H,2,5,7H2,1H3. The van der Waals surface area contributed by atoms with Crippen LogP contribution < -0.4 is 0 Å². The lowest BCUT2D eigenvalue weighted by atomic mass is 10.3. The van der Waals surface area contributed by atoms with Crippen molar-refractivity contribution in [3.05, 3.63) is 44.3 Å². The number of hydrogen-bond donors (Lipinski definition) is 0. The van der Waals surface area contributed by atoms with E-state index >= 15 is 0 Å². The van der Waals surface area contributed by atoms with Gasteiger partial charge in [0, 0.05) is 17.1 Å². The molecule has 0 fully saturated rings. The highest BCUT2D eigenvalue weighted by Gasteiger charge is 2.14. The Kier molecular flexibility index (Phi) is 4.28. The van der Waals surface area contributed by atoms with Gasteiger partial charge in [0.25, 0.3) is 0 Å². The average Bonchev–Trinajstić information content (AvgIpc) is 3.05. The van der Waals surface area contributed by atoms with Crippen LogP contribution in [0.4, 0.5) is 4.39 Å². The lowest BCUT2D eigenvalue weighted by Gasteiger charge is -2.05. The van der Waals surface area contributed by atoms with Gasteiger partial charge in [0.2, 0.25) is 0 Å². The van der Waals surface area contributed by atoms with E-state index in [1.165, 1.54) is 10.9 Å². The van der Waals surface area contributed by atoms with Crippen molar-refractivity contribution >= 4 is 49.9 Å². The fraction of sp³-hybridized carbons (Fsp3) is 0.286. The topological polar surface area (TPSA) is 30.7 Å². The van der Waals surface area contributed by atoms with Gasteiger partial charge in [0.15, 0.2) is 0 Å². The zero-order valence-electron chi connectivity index (χ0n) is 11.2. The molecular weight excluding hydrogens is 377 g/mol. The number of thiazole rings is 1. The molecule has 110 valence electrons. The number of imidazole rings is 1. The van der Waals surface area contributed by atoms with Gasteiger partial charge in [-0.25, -0.2) is 14.4 Å². The molecule has 0 amide bonds. The maximum atomic E-state index is 13.8. The van der Waals surface area contributed by atoms with Crippen LogP contribution in [0.15, 0.2) is 22.8 Å². The number of aromatic nitrogens is 3. The summed E-state index contributed by atoms with van der Waals surface area (Å²) in [5, 5.41) is 0.973. The Morgan fingerprint density at radius 1 is 1.43 bits per heavy atom. The number of nitrogens with zero attached hydrogens (tertiary/aromatic N) is 3. The van der Waals surface area contributed by atoms with Crippen LogP contribution in [0.1, 0.15) is 22.6 Å². The van der Waals surface area contributed by atoms with Gasteiger partial charge in [-0.05, 0) is 28.4 Å². The summed E-state index contributed by atoms with van der Waals surface area (Å²) in [6.07, 6.45) is 2.85. The molecular formula is C14H12BrClFN3S. The summed E-state index contributed by atoms with van der Waals surface area (Å²) in [6, 6.07) is 3.16. The second-order valence-electron chi connectivity index (χ2n) is 4.58. The van der Waals surface area contributed by atoms with Gasteiger partial charge in [-0.15, -0.1) is 22.9 Å². The van der Waals surface area contributed by atoms with Crippen molar-refractivity contribution in [3.8, 4) is 0 Å². The van der Waals surface area contributed by atoms with E-state index in [-0.39, 0.29) is 11.7 Å². The van der Waals surface area contributed by atoms with E-state index in [2.05, 4.69) is 32.8 Å². The Morgan fingerprint density at radius 2 is 2.24 bits per heavy atom. The van der Waals surface area contributed by atoms with Gasteiger partial charge in [-0.3, -0.25) is 0 Å². The Morgan fingerprint density at radius 3 is 2.90 bits per heavy atom. The maximum absolute atomic E-state index is 13.8. The van der Waals surface area contributed by atoms with Crippen LogP contribution in [0.2, 0.25) is 0 Å². The van der Waals surface area contributed by atoms with Crippen LogP contribution in [0.25, 0.3) is 11.0 Å². The number of alkyl halides is 1. The minimum absolute atomic E-state index is 0.278. The highest BCUT2D eigenvalue weighted by molar-refractivity contribution is 9.10. The summed E-state index contributed by atoms with van der Waals surface area (Å²) in [4.78, 5) is 10.1. The molecule has 2 heterocycles. The third-order valence-corrected chi connectivity index (χ3v) is 5.21. The van der Waals surface area contributed by atoms with Gasteiger partial charge in [0.05, 0.1) is 27.9 Å². The molecule has 3 rings (SSSR count). The Bertz CT molecular complexity index is 799. The van der Waals surface area contributed by atoms with Crippen LogP contribution in [-0.2, 0) is 18.8 Å². The molecule has 0 unspecified atom stereocenters. The summed E-state index contributed by atoms with van der Waals surface area (Å²) in [5.41, 5.74) is 1.46. The number of aryl methyl sites for hydroxylation is 1. The van der Waals surface area contributed by atoms with E-state index in [0.717, 1.165) is 28.3 Å². The number of benzene rings is 1. The smallest absolute Gasteiger partial charge is 0.139 e. The molecule has 0 saturated carbocycles. The SMILES string of the molecule is CCc1cnc(Cn2c(CCl)nc3cc(Br)c(F)cc32)s1. The molecule has 0 aliphatic heterocycles. The van der Waals surface area contributed by atoms with E-state index in [0.29, 0.717) is 11.0 Å². The summed E-state index contributed by atoms with van der Waals surface area (Å²) in [6.45, 7) is 2.66. The largest absolute Gasteiger partial charge is 0.320 e. The van der Waals surface area contributed by atoms with Crippen molar-refractivity contribution in [2.75, 3.05) is 0 Å². The normalized spacial score (nSPS) is 11.4. The first-order chi connectivity index (χ1) is 10.1. The molecule has 21 heavy (non-hydrogen) atoms. The lowest BCUT2D eigenvalue weighted by molar-refractivity contribution is 0.621. The zero-order valence-corrected chi connectivity index (χ0v) is 14.4. The van der Waals surface area contributed by atoms with E-state index in [4.69, 9.17) is 11.6 Å². The Hall–Kier alpha value is -0.980. The van der Waals surface area contributed by atoms with Crippen LogP contribution in [0.3, 0.4) is 0 Å². The molecule has 1 aromatic carbocycles. The number of rotatable bonds is 4. The second kappa shape index (κ2) is 6.02. The van der Waals surface area contributed by atoms with Crippen molar-refractivity contribution in [1.82, 2.24) is 14.5 Å². The molecule has 2 aromatic heterocycles. The highest BCUT2D eigenvalue weighted by Crippen LogP contribution is 2.26. The summed E-state index contributed by atoms with van der Waals surface area (Å²) in [5.74, 6) is 0.690. The minimum Gasteiger partial charge on any atom is -0.320 e. The summed E-state index contributed by atoms with van der Waals surface area (Å²) < 4.78 is 16.1. The second-order valence-corrected chi connectivity index (χ2v) is 6.90. The first-order valence-corrected chi connectivity index (χ1v) is 8.60. The first-order valence-electron chi connectivity index (χ1n) is 6.46. The fourth-order valence-electron chi connectivity index (χ4n) is 2.17. The number of fused-ring (bicyclic) bond motifs is 1. The molecule has 0 N–H and O–H groups in total. The molecule has 0 aliphatic carbocycles.